The highest BCUT2D eigenvalue weighted by Gasteiger charge is 2.34. The molecule has 1 amide bonds. The lowest BCUT2D eigenvalue weighted by Gasteiger charge is -2.20. The van der Waals surface area contributed by atoms with Crippen molar-refractivity contribution in [2.75, 3.05) is 33.1 Å². The third-order valence-electron chi connectivity index (χ3n) is 3.73. The van der Waals surface area contributed by atoms with E-state index in [1.165, 1.54) is 29.7 Å². The summed E-state index contributed by atoms with van der Waals surface area (Å²) < 4.78 is 30.5. The lowest BCUT2D eigenvalue weighted by Crippen LogP contribution is -2.43. The second-order valence-electron chi connectivity index (χ2n) is 5.56. The second-order valence-corrected chi connectivity index (χ2v) is 8.95. The van der Waals surface area contributed by atoms with Gasteiger partial charge in [-0.3, -0.25) is 4.79 Å². The molecule has 1 aliphatic rings. The van der Waals surface area contributed by atoms with Crippen LogP contribution >= 0.6 is 11.3 Å². The van der Waals surface area contributed by atoms with Gasteiger partial charge in [0.1, 0.15) is 0 Å². The van der Waals surface area contributed by atoms with E-state index in [1.807, 2.05) is 13.0 Å². The van der Waals surface area contributed by atoms with E-state index in [4.69, 9.17) is 4.74 Å². The molecular weight excluding hydrogens is 324 g/mol. The summed E-state index contributed by atoms with van der Waals surface area (Å²) in [5.41, 5.74) is 0. The molecule has 2 heterocycles. The second kappa shape index (κ2) is 7.08. The molecule has 0 aliphatic carbocycles. The number of hydrogen-bond acceptors (Lipinski definition) is 5. The van der Waals surface area contributed by atoms with E-state index in [2.05, 4.69) is 5.32 Å². The fourth-order valence-electron chi connectivity index (χ4n) is 2.27. The standard InChI is InChI=1S/C14H22N2O4S2/c1-4-11-5-6-13(21-11)14(17)15-12-8-20-7-10(12)9-22(18,19)16(2)3/h5-6,10,12H,4,7-9H2,1-3H3,(H,15,17)/t10-,12-/m0/s1. The Morgan fingerprint density at radius 1 is 1.41 bits per heavy atom. The van der Waals surface area contributed by atoms with Crippen molar-refractivity contribution in [2.45, 2.75) is 19.4 Å². The topological polar surface area (TPSA) is 75.7 Å². The first-order valence-electron chi connectivity index (χ1n) is 7.21. The van der Waals surface area contributed by atoms with Crippen LogP contribution in [0.2, 0.25) is 0 Å². The minimum atomic E-state index is -3.31. The fraction of sp³-hybridized carbons (Fsp3) is 0.643. The number of ether oxygens (including phenoxy) is 1. The molecule has 6 nitrogen and oxygen atoms in total. The minimum Gasteiger partial charge on any atom is -0.379 e. The van der Waals surface area contributed by atoms with Crippen molar-refractivity contribution in [1.29, 1.82) is 0 Å². The monoisotopic (exact) mass is 346 g/mol. The van der Waals surface area contributed by atoms with Gasteiger partial charge in [-0.15, -0.1) is 11.3 Å². The molecule has 2 rings (SSSR count). The highest BCUT2D eigenvalue weighted by atomic mass is 32.2. The van der Waals surface area contributed by atoms with Gasteiger partial charge in [-0.05, 0) is 18.6 Å². The van der Waals surface area contributed by atoms with Crippen molar-refractivity contribution >= 4 is 27.3 Å². The van der Waals surface area contributed by atoms with Gasteiger partial charge in [0.25, 0.3) is 5.91 Å². The van der Waals surface area contributed by atoms with E-state index in [0.717, 1.165) is 11.3 Å². The van der Waals surface area contributed by atoms with Crippen molar-refractivity contribution in [2.24, 2.45) is 5.92 Å². The van der Waals surface area contributed by atoms with Crippen LogP contribution in [0.4, 0.5) is 0 Å². The molecule has 0 aromatic carbocycles. The Labute approximate surface area is 135 Å². The van der Waals surface area contributed by atoms with Crippen molar-refractivity contribution in [3.05, 3.63) is 21.9 Å². The van der Waals surface area contributed by atoms with Crippen LogP contribution in [-0.2, 0) is 21.2 Å². The number of rotatable bonds is 6. The molecule has 8 heteroatoms. The van der Waals surface area contributed by atoms with Crippen LogP contribution in [0.5, 0.6) is 0 Å². The largest absolute Gasteiger partial charge is 0.379 e. The van der Waals surface area contributed by atoms with Crippen LogP contribution in [0.25, 0.3) is 0 Å². The first-order valence-corrected chi connectivity index (χ1v) is 9.63. The number of hydrogen-bond donors (Lipinski definition) is 1. The first kappa shape index (κ1) is 17.4. The van der Waals surface area contributed by atoms with E-state index in [1.54, 1.807) is 6.07 Å². The molecule has 0 radical (unpaired) electrons. The van der Waals surface area contributed by atoms with Crippen LogP contribution in [0.15, 0.2) is 12.1 Å². The quantitative estimate of drug-likeness (QED) is 0.832. The van der Waals surface area contributed by atoms with Gasteiger partial charge in [0.2, 0.25) is 10.0 Å². The van der Waals surface area contributed by atoms with Gasteiger partial charge < -0.3 is 10.1 Å². The number of nitrogens with zero attached hydrogens (tertiary/aromatic N) is 1. The van der Waals surface area contributed by atoms with Crippen LogP contribution in [0, 0.1) is 5.92 Å². The zero-order valence-electron chi connectivity index (χ0n) is 13.0. The summed E-state index contributed by atoms with van der Waals surface area (Å²) in [7, 11) is -0.289. The van der Waals surface area contributed by atoms with Crippen LogP contribution in [0.1, 0.15) is 21.5 Å². The Hall–Kier alpha value is -0.960. The van der Waals surface area contributed by atoms with Crippen molar-refractivity contribution in [1.82, 2.24) is 9.62 Å². The number of carbonyl (C=O) groups is 1. The summed E-state index contributed by atoms with van der Waals surface area (Å²) in [6.07, 6.45) is 0.897. The Morgan fingerprint density at radius 2 is 2.14 bits per heavy atom. The van der Waals surface area contributed by atoms with Gasteiger partial charge in [-0.1, -0.05) is 6.92 Å². The summed E-state index contributed by atoms with van der Waals surface area (Å²) in [6.45, 7) is 2.74. The highest BCUT2D eigenvalue weighted by Crippen LogP contribution is 2.20. The average molecular weight is 346 g/mol. The lowest BCUT2D eigenvalue weighted by molar-refractivity contribution is 0.0930. The SMILES string of the molecule is CCc1ccc(C(=O)N[C@H]2COC[C@H]2CS(=O)(=O)N(C)C)s1. The Kier molecular flexibility index (Phi) is 5.60. The molecule has 1 fully saturated rings. The lowest BCUT2D eigenvalue weighted by atomic mass is 10.1. The first-order chi connectivity index (χ1) is 10.3. The molecule has 1 aromatic rings. The van der Waals surface area contributed by atoms with Gasteiger partial charge in [-0.2, -0.15) is 0 Å². The number of carbonyl (C=O) groups excluding carboxylic acids is 1. The molecule has 0 spiro atoms. The average Bonchev–Trinajstić information content (AvgIpc) is 3.08. The number of sulfonamides is 1. The molecule has 22 heavy (non-hydrogen) atoms. The molecule has 1 aromatic heterocycles. The normalized spacial score (nSPS) is 22.2. The van der Waals surface area contributed by atoms with Gasteiger partial charge in [0.05, 0.1) is 29.9 Å². The van der Waals surface area contributed by atoms with Gasteiger partial charge >= 0.3 is 0 Å². The van der Waals surface area contributed by atoms with E-state index in [9.17, 15) is 13.2 Å². The van der Waals surface area contributed by atoms with Crippen molar-refractivity contribution in [3.8, 4) is 0 Å². The number of thiophene rings is 1. The summed E-state index contributed by atoms with van der Waals surface area (Å²) >= 11 is 1.46. The molecule has 1 aliphatic heterocycles. The predicted octanol–water partition coefficient (Wildman–Crippen LogP) is 0.947. The number of nitrogens with one attached hydrogen (secondary N) is 1. The summed E-state index contributed by atoms with van der Waals surface area (Å²) in [5, 5.41) is 2.91. The molecule has 0 saturated carbocycles. The van der Waals surface area contributed by atoms with Crippen LogP contribution in [-0.4, -0.2) is 57.7 Å². The maximum absolute atomic E-state index is 12.3. The zero-order chi connectivity index (χ0) is 16.3. The van der Waals surface area contributed by atoms with Crippen molar-refractivity contribution < 1.29 is 17.9 Å². The Balaban J connectivity index is 2.00. The summed E-state index contributed by atoms with van der Waals surface area (Å²) in [5.74, 6) is -0.398. The van der Waals surface area contributed by atoms with Gasteiger partial charge in [0, 0.05) is 24.9 Å². The van der Waals surface area contributed by atoms with Crippen LogP contribution in [0.3, 0.4) is 0 Å². The summed E-state index contributed by atoms with van der Waals surface area (Å²) in [4.78, 5) is 14.1. The molecule has 1 N–H and O–H groups in total. The summed E-state index contributed by atoms with van der Waals surface area (Å²) in [6, 6.07) is 3.48. The van der Waals surface area contributed by atoms with Gasteiger partial charge in [-0.25, -0.2) is 12.7 Å². The van der Waals surface area contributed by atoms with Crippen LogP contribution < -0.4 is 5.32 Å². The van der Waals surface area contributed by atoms with E-state index in [-0.39, 0.29) is 23.6 Å². The van der Waals surface area contributed by atoms with E-state index >= 15 is 0 Å². The Bertz CT molecular complexity index is 625. The molecular formula is C14H22N2O4S2. The smallest absolute Gasteiger partial charge is 0.261 e. The molecule has 2 atom stereocenters. The number of amides is 1. The zero-order valence-corrected chi connectivity index (χ0v) is 14.7. The third kappa shape index (κ3) is 4.07. The third-order valence-corrected chi connectivity index (χ3v) is 6.92. The van der Waals surface area contributed by atoms with Crippen molar-refractivity contribution in [3.63, 3.8) is 0 Å². The maximum Gasteiger partial charge on any atom is 0.261 e. The predicted molar refractivity (Wildman–Crippen MR) is 86.7 cm³/mol. The molecule has 0 unspecified atom stereocenters. The highest BCUT2D eigenvalue weighted by molar-refractivity contribution is 7.89. The van der Waals surface area contributed by atoms with Gasteiger partial charge in [0.15, 0.2) is 0 Å². The number of aryl methyl sites for hydroxylation is 1. The Morgan fingerprint density at radius 3 is 2.73 bits per heavy atom. The van der Waals surface area contributed by atoms with E-state index < -0.39 is 10.0 Å². The fourth-order valence-corrected chi connectivity index (χ4v) is 4.29. The minimum absolute atomic E-state index is 0.0183. The molecule has 0 bridgehead atoms. The maximum atomic E-state index is 12.3. The molecule has 124 valence electrons. The van der Waals surface area contributed by atoms with E-state index in [0.29, 0.717) is 18.1 Å². The molecule has 1 saturated heterocycles.